The first kappa shape index (κ1) is 31.8. The van der Waals surface area contributed by atoms with E-state index in [-0.39, 0.29) is 18.2 Å². The van der Waals surface area contributed by atoms with Gasteiger partial charge in [0.1, 0.15) is 12.2 Å². The molecular weight excluding hydrogens is 578 g/mol. The zero-order valence-electron chi connectivity index (χ0n) is 27.1. The smallest absolute Gasteiger partial charge is 0.410 e. The maximum Gasteiger partial charge on any atom is 0.410 e. The van der Waals surface area contributed by atoms with Crippen molar-refractivity contribution in [3.63, 3.8) is 0 Å². The second-order valence-corrected chi connectivity index (χ2v) is 12.2. The SMILES string of the molecule is COCCOc1ccc2c(N3C[C@H](C)N(C(=O)OC(C)(C)C)[C@@H](C)C3)ccc(C(=O)Nc3cn4cc(C)nc4c(OC)n3)c2n1. The lowest BCUT2D eigenvalue weighted by Crippen LogP contribution is -2.59. The van der Waals surface area contributed by atoms with Crippen LogP contribution in [0.1, 0.15) is 50.7 Å². The van der Waals surface area contributed by atoms with E-state index in [4.69, 9.17) is 23.9 Å². The third kappa shape index (κ3) is 6.88. The predicted molar refractivity (Wildman–Crippen MR) is 171 cm³/mol. The molecular formula is C32H41N7O6. The van der Waals surface area contributed by atoms with Gasteiger partial charge in [-0.1, -0.05) is 0 Å². The minimum Gasteiger partial charge on any atom is -0.478 e. The number of rotatable bonds is 8. The minimum atomic E-state index is -0.584. The van der Waals surface area contributed by atoms with Gasteiger partial charge in [0.2, 0.25) is 11.5 Å². The van der Waals surface area contributed by atoms with Gasteiger partial charge >= 0.3 is 6.09 Å². The van der Waals surface area contributed by atoms with Gasteiger partial charge in [-0.05, 0) is 59.7 Å². The van der Waals surface area contributed by atoms with E-state index in [0.29, 0.717) is 60.6 Å². The van der Waals surface area contributed by atoms with Crippen molar-refractivity contribution in [1.82, 2.24) is 24.3 Å². The van der Waals surface area contributed by atoms with Crippen molar-refractivity contribution >= 4 is 40.1 Å². The van der Waals surface area contributed by atoms with Crippen molar-refractivity contribution in [1.29, 1.82) is 0 Å². The molecule has 4 heterocycles. The van der Waals surface area contributed by atoms with Gasteiger partial charge < -0.3 is 29.2 Å². The molecule has 1 fully saturated rings. The van der Waals surface area contributed by atoms with Crippen LogP contribution in [0.15, 0.2) is 36.7 Å². The van der Waals surface area contributed by atoms with Gasteiger partial charge in [0.05, 0.1) is 48.8 Å². The van der Waals surface area contributed by atoms with Crippen LogP contribution < -0.4 is 19.7 Å². The number of aryl methyl sites for hydroxylation is 1. The van der Waals surface area contributed by atoms with Crippen molar-refractivity contribution in [2.45, 2.75) is 59.2 Å². The summed E-state index contributed by atoms with van der Waals surface area (Å²) in [6, 6.07) is 7.14. The van der Waals surface area contributed by atoms with Gasteiger partial charge in [-0.15, -0.1) is 0 Å². The number of carbonyl (C=O) groups is 2. The molecule has 1 saturated heterocycles. The number of imidazole rings is 1. The van der Waals surface area contributed by atoms with E-state index in [1.165, 1.54) is 7.11 Å². The highest BCUT2D eigenvalue weighted by atomic mass is 16.6. The fraction of sp³-hybridized carbons (Fsp3) is 0.469. The molecule has 45 heavy (non-hydrogen) atoms. The lowest BCUT2D eigenvalue weighted by atomic mass is 10.0. The van der Waals surface area contributed by atoms with Crippen LogP contribution >= 0.6 is 0 Å². The number of anilines is 2. The summed E-state index contributed by atoms with van der Waals surface area (Å²) < 4.78 is 23.8. The molecule has 240 valence electrons. The van der Waals surface area contributed by atoms with Crippen molar-refractivity contribution in [3.8, 4) is 11.8 Å². The van der Waals surface area contributed by atoms with Crippen molar-refractivity contribution < 1.29 is 28.5 Å². The van der Waals surface area contributed by atoms with E-state index in [1.807, 2.05) is 59.9 Å². The Balaban J connectivity index is 1.49. The van der Waals surface area contributed by atoms with Gasteiger partial charge in [0.25, 0.3) is 11.8 Å². The topological polar surface area (TPSA) is 133 Å². The van der Waals surface area contributed by atoms with Crippen LogP contribution in [0.4, 0.5) is 16.3 Å². The average Bonchev–Trinajstić information content (AvgIpc) is 3.34. The summed E-state index contributed by atoms with van der Waals surface area (Å²) >= 11 is 0. The number of hydrogen-bond acceptors (Lipinski definition) is 10. The second kappa shape index (κ2) is 12.8. The molecule has 2 atom stereocenters. The van der Waals surface area contributed by atoms with E-state index in [9.17, 15) is 9.59 Å². The molecule has 0 unspecified atom stereocenters. The summed E-state index contributed by atoms with van der Waals surface area (Å²) in [5.41, 5.74) is 2.48. The van der Waals surface area contributed by atoms with E-state index in [2.05, 4.69) is 20.2 Å². The molecule has 0 saturated carbocycles. The zero-order valence-corrected chi connectivity index (χ0v) is 27.1. The van der Waals surface area contributed by atoms with Crippen molar-refractivity contribution in [2.75, 3.05) is 50.7 Å². The van der Waals surface area contributed by atoms with Gasteiger partial charge in [-0.2, -0.15) is 4.98 Å². The van der Waals surface area contributed by atoms with Gasteiger partial charge in [0.15, 0.2) is 5.82 Å². The zero-order chi connectivity index (χ0) is 32.5. The molecule has 1 N–H and O–H groups in total. The maximum atomic E-state index is 13.8. The molecule has 3 aromatic heterocycles. The summed E-state index contributed by atoms with van der Waals surface area (Å²) in [6.45, 7) is 13.3. The number of fused-ring (bicyclic) bond motifs is 2. The highest BCUT2D eigenvalue weighted by molar-refractivity contribution is 6.13. The molecule has 0 bridgehead atoms. The Morgan fingerprint density at radius 2 is 1.71 bits per heavy atom. The van der Waals surface area contributed by atoms with Gasteiger partial charge in [-0.25, -0.2) is 14.8 Å². The van der Waals surface area contributed by atoms with Crippen LogP contribution in [0.25, 0.3) is 16.6 Å². The molecule has 4 aromatic rings. The number of carbonyl (C=O) groups excluding carboxylic acids is 2. The van der Waals surface area contributed by atoms with E-state index < -0.39 is 11.5 Å². The molecule has 0 radical (unpaired) electrons. The summed E-state index contributed by atoms with van der Waals surface area (Å²) in [5.74, 6) is 0.571. The number of nitrogens with one attached hydrogen (secondary N) is 1. The number of amides is 2. The maximum absolute atomic E-state index is 13.8. The Labute approximate surface area is 262 Å². The Kier molecular flexibility index (Phi) is 9.01. The monoisotopic (exact) mass is 619 g/mol. The molecule has 13 heteroatoms. The van der Waals surface area contributed by atoms with Crippen LogP contribution in [0.2, 0.25) is 0 Å². The summed E-state index contributed by atoms with van der Waals surface area (Å²) in [5, 5.41) is 3.67. The molecule has 1 aliphatic heterocycles. The molecule has 0 aliphatic carbocycles. The number of hydrogen-bond donors (Lipinski definition) is 1. The normalized spacial score (nSPS) is 17.1. The Morgan fingerprint density at radius 1 is 0.978 bits per heavy atom. The summed E-state index contributed by atoms with van der Waals surface area (Å²) in [6.07, 6.45) is 3.19. The number of pyridine rings is 1. The lowest BCUT2D eigenvalue weighted by molar-refractivity contribution is 0.00566. The third-order valence-corrected chi connectivity index (χ3v) is 7.42. The quantitative estimate of drug-likeness (QED) is 0.277. The number of benzene rings is 1. The van der Waals surface area contributed by atoms with Crippen LogP contribution in [-0.4, -0.2) is 94.5 Å². The van der Waals surface area contributed by atoms with Gasteiger partial charge in [0, 0.05) is 43.5 Å². The molecule has 13 nitrogen and oxygen atoms in total. The van der Waals surface area contributed by atoms with Crippen LogP contribution in [-0.2, 0) is 9.47 Å². The van der Waals surface area contributed by atoms with Crippen molar-refractivity contribution in [2.24, 2.45) is 0 Å². The highest BCUT2D eigenvalue weighted by Gasteiger charge is 2.36. The summed E-state index contributed by atoms with van der Waals surface area (Å²) in [4.78, 5) is 44.4. The molecule has 5 rings (SSSR count). The third-order valence-electron chi connectivity index (χ3n) is 7.42. The Bertz CT molecular complexity index is 1700. The molecule has 2 amide bonds. The number of nitrogens with zero attached hydrogens (tertiary/aromatic N) is 6. The number of methoxy groups -OCH3 is 2. The van der Waals surface area contributed by atoms with E-state index in [1.54, 1.807) is 34.7 Å². The Hall–Kier alpha value is -4.65. The highest BCUT2D eigenvalue weighted by Crippen LogP contribution is 2.33. The van der Waals surface area contributed by atoms with Crippen LogP contribution in [0.5, 0.6) is 11.8 Å². The molecule has 1 aliphatic rings. The first-order chi connectivity index (χ1) is 21.4. The fourth-order valence-corrected chi connectivity index (χ4v) is 5.62. The van der Waals surface area contributed by atoms with E-state index in [0.717, 1.165) is 16.8 Å². The second-order valence-electron chi connectivity index (χ2n) is 12.2. The molecule has 0 spiro atoms. The Morgan fingerprint density at radius 3 is 2.38 bits per heavy atom. The first-order valence-corrected chi connectivity index (χ1v) is 14.9. The van der Waals surface area contributed by atoms with Crippen LogP contribution in [0.3, 0.4) is 0 Å². The van der Waals surface area contributed by atoms with Crippen LogP contribution in [0, 0.1) is 6.92 Å². The average molecular weight is 620 g/mol. The molecule has 1 aromatic carbocycles. The lowest BCUT2D eigenvalue weighted by Gasteiger charge is -2.45. The predicted octanol–water partition coefficient (Wildman–Crippen LogP) is 4.71. The van der Waals surface area contributed by atoms with Gasteiger partial charge in [-0.3, -0.25) is 14.1 Å². The van der Waals surface area contributed by atoms with E-state index >= 15 is 0 Å². The largest absolute Gasteiger partial charge is 0.478 e. The summed E-state index contributed by atoms with van der Waals surface area (Å²) in [7, 11) is 3.11. The standard InChI is InChI=1S/C32H41N7O6/c1-19-15-38-18-25(35-30(43-8)28(38)33-19)34-29(40)23-9-11-24(22-10-12-26(36-27(22)23)44-14-13-42-7)37-16-20(2)39(21(3)17-37)31(41)45-32(4,5)6/h9-12,15,18,20-21H,13-14,16-17H2,1-8H3,(H,34,40)/t20-,21-/m0/s1. The number of piperazine rings is 1. The number of aromatic nitrogens is 4. The number of ether oxygens (including phenoxy) is 4. The first-order valence-electron chi connectivity index (χ1n) is 14.9. The minimum absolute atomic E-state index is 0.117. The fourth-order valence-electron chi connectivity index (χ4n) is 5.62. The van der Waals surface area contributed by atoms with Crippen molar-refractivity contribution in [3.05, 3.63) is 47.9 Å².